The number of fused-ring (bicyclic) bond motifs is 2. The first-order chi connectivity index (χ1) is 12.1. The van der Waals surface area contributed by atoms with Gasteiger partial charge >= 0.3 is 0 Å². The average molecular weight is 350 g/mol. The molecule has 0 amide bonds. The molecule has 2 bridgehead atoms. The van der Waals surface area contributed by atoms with Crippen LogP contribution in [0.15, 0.2) is 59.5 Å². The molecule has 2 aliphatic carbocycles. The van der Waals surface area contributed by atoms with Crippen LogP contribution in [0.3, 0.4) is 0 Å². The fraction of sp³-hybridized carbons (Fsp3) is 0.364. The van der Waals surface area contributed by atoms with Gasteiger partial charge in [0.1, 0.15) is 0 Å². The Morgan fingerprint density at radius 1 is 0.920 bits per heavy atom. The molecule has 2 aliphatic rings. The molecule has 128 valence electrons. The minimum atomic E-state index is -3.26. The summed E-state index contributed by atoms with van der Waals surface area (Å²) in [6, 6.07) is 17.2. The van der Waals surface area contributed by atoms with Crippen molar-refractivity contribution in [2.24, 2.45) is 17.8 Å². The fourth-order valence-electron chi connectivity index (χ4n) is 4.42. The largest absolute Gasteiger partial charge is 0.223 e. The Morgan fingerprint density at radius 2 is 1.56 bits per heavy atom. The van der Waals surface area contributed by atoms with Crippen LogP contribution in [0, 0.1) is 36.5 Å². The first-order valence-corrected chi connectivity index (χ1v) is 10.5. The van der Waals surface area contributed by atoms with Crippen molar-refractivity contribution < 1.29 is 8.42 Å². The molecule has 25 heavy (non-hydrogen) atoms. The van der Waals surface area contributed by atoms with Gasteiger partial charge in [0.05, 0.1) is 10.1 Å². The zero-order valence-electron chi connectivity index (χ0n) is 14.4. The van der Waals surface area contributed by atoms with E-state index in [2.05, 4.69) is 11.8 Å². The van der Waals surface area contributed by atoms with Crippen LogP contribution in [0.1, 0.15) is 30.4 Å². The Labute approximate surface area is 150 Å². The fourth-order valence-corrected chi connectivity index (χ4v) is 6.78. The van der Waals surface area contributed by atoms with E-state index in [-0.39, 0.29) is 23.0 Å². The zero-order chi connectivity index (χ0) is 17.4. The van der Waals surface area contributed by atoms with Gasteiger partial charge in [0.2, 0.25) is 0 Å². The van der Waals surface area contributed by atoms with Crippen molar-refractivity contribution >= 4 is 9.84 Å². The summed E-state index contributed by atoms with van der Waals surface area (Å²) in [5.74, 6) is 7.22. The second-order valence-electron chi connectivity index (χ2n) is 7.24. The van der Waals surface area contributed by atoms with Gasteiger partial charge < -0.3 is 0 Å². The lowest BCUT2D eigenvalue weighted by Crippen LogP contribution is -2.57. The van der Waals surface area contributed by atoms with E-state index >= 15 is 0 Å². The molecule has 2 atom stereocenters. The van der Waals surface area contributed by atoms with Gasteiger partial charge in [-0.1, -0.05) is 54.2 Å². The molecule has 2 saturated carbocycles. The summed E-state index contributed by atoms with van der Waals surface area (Å²) in [5, 5.41) is -0.251. The van der Waals surface area contributed by atoms with E-state index in [1.54, 1.807) is 12.1 Å². The smallest absolute Gasteiger partial charge is 0.181 e. The van der Waals surface area contributed by atoms with E-state index in [9.17, 15) is 8.42 Å². The van der Waals surface area contributed by atoms with Crippen LogP contribution in [0.4, 0.5) is 0 Å². The molecular formula is C22H22O2S. The maximum atomic E-state index is 13.1. The SMILES string of the molecule is Cc1ccc(S(=O)(=O)C2C3CCCC2C3C#Cc2ccccc2)cc1. The minimum absolute atomic E-state index is 0.182. The van der Waals surface area contributed by atoms with Crippen molar-refractivity contribution in [3.8, 4) is 11.8 Å². The van der Waals surface area contributed by atoms with Gasteiger partial charge in [-0.2, -0.15) is 0 Å². The summed E-state index contributed by atoms with van der Waals surface area (Å²) in [6.45, 7) is 1.98. The van der Waals surface area contributed by atoms with Crippen molar-refractivity contribution in [2.75, 3.05) is 0 Å². The third-order valence-electron chi connectivity index (χ3n) is 5.71. The minimum Gasteiger partial charge on any atom is -0.223 e. The third-order valence-corrected chi connectivity index (χ3v) is 8.05. The Bertz CT molecular complexity index is 905. The number of sulfone groups is 1. The summed E-state index contributed by atoms with van der Waals surface area (Å²) in [4.78, 5) is 0.467. The first kappa shape index (κ1) is 16.4. The topological polar surface area (TPSA) is 34.1 Å². The maximum absolute atomic E-state index is 13.1. The first-order valence-electron chi connectivity index (χ1n) is 8.94. The molecule has 0 heterocycles. The van der Waals surface area contributed by atoms with Crippen molar-refractivity contribution in [1.82, 2.24) is 0 Å². The molecule has 3 heteroatoms. The van der Waals surface area contributed by atoms with E-state index < -0.39 is 9.84 Å². The lowest BCUT2D eigenvalue weighted by molar-refractivity contribution is 0.0629. The molecule has 2 aromatic carbocycles. The van der Waals surface area contributed by atoms with Gasteiger partial charge in [-0.3, -0.25) is 0 Å². The van der Waals surface area contributed by atoms with E-state index in [0.717, 1.165) is 30.4 Å². The van der Waals surface area contributed by atoms with E-state index in [1.165, 1.54) is 0 Å². The van der Waals surface area contributed by atoms with Crippen molar-refractivity contribution in [1.29, 1.82) is 0 Å². The molecule has 0 aromatic heterocycles. The lowest BCUT2D eigenvalue weighted by atomic mass is 9.57. The molecule has 0 aliphatic heterocycles. The third kappa shape index (κ3) is 2.89. The highest BCUT2D eigenvalue weighted by molar-refractivity contribution is 7.92. The van der Waals surface area contributed by atoms with E-state index in [1.807, 2.05) is 49.4 Å². The molecule has 2 fully saturated rings. The molecule has 2 unspecified atom stereocenters. The number of rotatable bonds is 2. The average Bonchev–Trinajstić information content (AvgIpc) is 2.63. The molecule has 0 saturated heterocycles. The van der Waals surface area contributed by atoms with Crippen LogP contribution < -0.4 is 0 Å². The summed E-state index contributed by atoms with van der Waals surface area (Å²) < 4.78 is 26.2. The number of aryl methyl sites for hydroxylation is 1. The Hall–Kier alpha value is -2.05. The van der Waals surface area contributed by atoms with Gasteiger partial charge in [-0.15, -0.1) is 0 Å². The molecule has 2 nitrogen and oxygen atoms in total. The lowest BCUT2D eigenvalue weighted by Gasteiger charge is -2.53. The van der Waals surface area contributed by atoms with Gasteiger partial charge in [0, 0.05) is 11.5 Å². The normalized spacial score (nSPS) is 27.7. The van der Waals surface area contributed by atoms with Crippen LogP contribution in [0.25, 0.3) is 0 Å². The molecule has 2 aromatic rings. The maximum Gasteiger partial charge on any atom is 0.181 e. The summed E-state index contributed by atoms with van der Waals surface area (Å²) in [7, 11) is -3.26. The monoisotopic (exact) mass is 350 g/mol. The van der Waals surface area contributed by atoms with Crippen LogP contribution >= 0.6 is 0 Å². The second-order valence-corrected chi connectivity index (χ2v) is 9.35. The summed E-state index contributed by atoms with van der Waals surface area (Å²) in [5.41, 5.74) is 2.09. The highest BCUT2D eigenvalue weighted by Gasteiger charge is 2.57. The molecular weight excluding hydrogens is 328 g/mol. The predicted octanol–water partition coefficient (Wildman–Crippen LogP) is 4.24. The van der Waals surface area contributed by atoms with Gasteiger partial charge in [0.15, 0.2) is 9.84 Å². The molecule has 0 radical (unpaired) electrons. The molecule has 0 N–H and O–H groups in total. The molecule has 0 spiro atoms. The standard InChI is InChI=1S/C22H22O2S/c1-16-10-13-18(14-11-16)25(23,24)22-20-8-5-9-21(22)19(20)15-12-17-6-3-2-4-7-17/h2-4,6-7,10-11,13-14,19-22H,5,8-9H2,1H3. The quantitative estimate of drug-likeness (QED) is 0.760. The van der Waals surface area contributed by atoms with Crippen LogP contribution in [0.5, 0.6) is 0 Å². The van der Waals surface area contributed by atoms with Crippen molar-refractivity contribution in [3.05, 3.63) is 65.7 Å². The molecule has 4 rings (SSSR count). The van der Waals surface area contributed by atoms with Crippen LogP contribution in [-0.4, -0.2) is 13.7 Å². The van der Waals surface area contributed by atoms with Gasteiger partial charge in [-0.05, 0) is 55.9 Å². The highest BCUT2D eigenvalue weighted by Crippen LogP contribution is 2.54. The Morgan fingerprint density at radius 3 is 2.20 bits per heavy atom. The van der Waals surface area contributed by atoms with E-state index in [4.69, 9.17) is 0 Å². The van der Waals surface area contributed by atoms with Crippen LogP contribution in [0.2, 0.25) is 0 Å². The zero-order valence-corrected chi connectivity index (χ0v) is 15.2. The van der Waals surface area contributed by atoms with Gasteiger partial charge in [-0.25, -0.2) is 8.42 Å². The number of hydrogen-bond acceptors (Lipinski definition) is 2. The predicted molar refractivity (Wildman–Crippen MR) is 99.8 cm³/mol. The van der Waals surface area contributed by atoms with Crippen molar-refractivity contribution in [3.63, 3.8) is 0 Å². The highest BCUT2D eigenvalue weighted by atomic mass is 32.2. The second kappa shape index (κ2) is 6.35. The Kier molecular flexibility index (Phi) is 4.17. The van der Waals surface area contributed by atoms with Crippen LogP contribution in [-0.2, 0) is 9.84 Å². The Balaban J connectivity index is 1.59. The number of benzene rings is 2. The van der Waals surface area contributed by atoms with Gasteiger partial charge in [0.25, 0.3) is 0 Å². The summed E-state index contributed by atoms with van der Waals surface area (Å²) in [6.07, 6.45) is 3.07. The number of hydrogen-bond donors (Lipinski definition) is 0. The van der Waals surface area contributed by atoms with Crippen molar-refractivity contribution in [2.45, 2.75) is 36.3 Å². The summed E-state index contributed by atoms with van der Waals surface area (Å²) >= 11 is 0. The van der Waals surface area contributed by atoms with E-state index in [0.29, 0.717) is 4.90 Å².